The van der Waals surface area contributed by atoms with E-state index in [1.54, 1.807) is 23.3 Å². The maximum absolute atomic E-state index is 5.04. The van der Waals surface area contributed by atoms with Gasteiger partial charge in [-0.3, -0.25) is 14.7 Å². The molecular weight excluding hydrogens is 475 g/mol. The minimum absolute atomic E-state index is 0.660. The van der Waals surface area contributed by atoms with Gasteiger partial charge in [0, 0.05) is 48.1 Å². The summed E-state index contributed by atoms with van der Waals surface area (Å²) in [4.78, 5) is 9.46. The van der Waals surface area contributed by atoms with Gasteiger partial charge in [-0.25, -0.2) is 0 Å². The summed E-state index contributed by atoms with van der Waals surface area (Å²) in [6.07, 6.45) is 5.18. The smallest absolute Gasteiger partial charge is 0.0751 e. The Morgan fingerprint density at radius 1 is 1.12 bits per heavy atom. The molecule has 2 rings (SSSR count). The fraction of sp³-hybridized carbons (Fsp3) is 0.407. The van der Waals surface area contributed by atoms with Crippen LogP contribution in [0.3, 0.4) is 0 Å². The Balaban J connectivity index is 0.00000281. The standard InChI is InChI=1S/C25H35N4PS2.C2H6/c1-6-26-18-24(30-5)21(4)29-23(22-12-8-7-11-19(22)2)17-20(3)27-14-10-15-28-32-25-13-9-16-31-25;1-2/h7-9,11-13,16-18,27-28,30H,6,10,14-15H2,1-5H3;1-2H3/b20-17+,24-21-,26-18?,29-23-;. The third kappa shape index (κ3) is 11.6. The van der Waals surface area contributed by atoms with E-state index in [4.69, 9.17) is 4.99 Å². The molecule has 186 valence electrons. The zero-order chi connectivity index (χ0) is 25.2. The Labute approximate surface area is 217 Å². The quantitative estimate of drug-likeness (QED) is 0.124. The maximum atomic E-state index is 5.04. The monoisotopic (exact) mass is 516 g/mol. The van der Waals surface area contributed by atoms with E-state index in [1.807, 2.05) is 20.1 Å². The van der Waals surface area contributed by atoms with E-state index < -0.39 is 0 Å². The van der Waals surface area contributed by atoms with Gasteiger partial charge in [0.25, 0.3) is 0 Å². The molecule has 34 heavy (non-hydrogen) atoms. The molecule has 1 aromatic carbocycles. The van der Waals surface area contributed by atoms with Crippen LogP contribution in [0.4, 0.5) is 0 Å². The lowest BCUT2D eigenvalue weighted by atomic mass is 10.0. The van der Waals surface area contributed by atoms with Gasteiger partial charge in [0.05, 0.1) is 9.92 Å². The highest BCUT2D eigenvalue weighted by atomic mass is 32.2. The first-order valence-electron chi connectivity index (χ1n) is 11.9. The Morgan fingerprint density at radius 3 is 2.53 bits per heavy atom. The van der Waals surface area contributed by atoms with Crippen LogP contribution >= 0.6 is 31.9 Å². The van der Waals surface area contributed by atoms with Crippen LogP contribution in [-0.2, 0) is 0 Å². The van der Waals surface area contributed by atoms with Gasteiger partial charge in [0.2, 0.25) is 0 Å². The molecule has 0 saturated heterocycles. The summed E-state index contributed by atoms with van der Waals surface area (Å²) < 4.78 is 4.72. The van der Waals surface area contributed by atoms with E-state index in [2.05, 4.69) is 97.2 Å². The van der Waals surface area contributed by atoms with Crippen molar-refractivity contribution in [3.8, 4) is 0 Å². The van der Waals surface area contributed by atoms with Crippen LogP contribution in [-0.4, -0.2) is 38.2 Å². The zero-order valence-electron chi connectivity index (χ0n) is 21.7. The molecule has 4 nitrogen and oxygen atoms in total. The van der Waals surface area contributed by atoms with E-state index in [0.29, 0.717) is 8.58 Å². The predicted molar refractivity (Wildman–Crippen MR) is 160 cm³/mol. The van der Waals surface area contributed by atoms with Crippen molar-refractivity contribution in [1.29, 1.82) is 0 Å². The lowest BCUT2D eigenvalue weighted by molar-refractivity contribution is 0.717. The summed E-state index contributed by atoms with van der Waals surface area (Å²) in [5.41, 5.74) is 5.51. The van der Waals surface area contributed by atoms with Gasteiger partial charge in [-0.2, -0.15) is 0 Å². The van der Waals surface area contributed by atoms with Gasteiger partial charge < -0.3 is 5.32 Å². The van der Waals surface area contributed by atoms with Gasteiger partial charge >= 0.3 is 0 Å². The molecule has 1 unspecified atom stereocenters. The molecule has 0 spiro atoms. The lowest BCUT2D eigenvalue weighted by Gasteiger charge is -2.11. The number of allylic oxidation sites excluding steroid dienone is 4. The molecule has 1 atom stereocenters. The number of aryl methyl sites for hydroxylation is 1. The molecule has 7 heteroatoms. The molecule has 0 radical (unpaired) electrons. The highest BCUT2D eigenvalue weighted by Gasteiger charge is 2.07. The number of thiophene rings is 1. The fourth-order valence-corrected chi connectivity index (χ4v) is 5.10. The van der Waals surface area contributed by atoms with Crippen molar-refractivity contribution in [2.24, 2.45) is 9.98 Å². The number of nitrogens with one attached hydrogen (secondary N) is 2. The molecule has 0 amide bonds. The molecule has 0 aliphatic carbocycles. The van der Waals surface area contributed by atoms with Gasteiger partial charge in [-0.15, -0.1) is 11.3 Å². The number of benzene rings is 1. The molecule has 0 fully saturated rings. The molecule has 0 aliphatic heterocycles. The summed E-state index contributed by atoms with van der Waals surface area (Å²) in [7, 11) is 0.660. The third-order valence-electron chi connectivity index (χ3n) is 4.65. The lowest BCUT2D eigenvalue weighted by Crippen LogP contribution is -2.18. The molecule has 2 aromatic rings. The first-order chi connectivity index (χ1) is 16.5. The van der Waals surface area contributed by atoms with Crippen molar-refractivity contribution >= 4 is 43.8 Å². The predicted octanol–water partition coefficient (Wildman–Crippen LogP) is 7.68. The Morgan fingerprint density at radius 2 is 1.88 bits per heavy atom. The van der Waals surface area contributed by atoms with Crippen LogP contribution in [0, 0.1) is 6.92 Å². The first-order valence-corrected chi connectivity index (χ1v) is 15.1. The van der Waals surface area contributed by atoms with Gasteiger partial charge in [0.1, 0.15) is 0 Å². The van der Waals surface area contributed by atoms with Crippen LogP contribution < -0.4 is 10.0 Å². The van der Waals surface area contributed by atoms with E-state index in [0.717, 1.165) is 48.7 Å². The van der Waals surface area contributed by atoms with Gasteiger partial charge in [-0.05, 0) is 75.8 Å². The molecule has 2 N–H and O–H groups in total. The Bertz CT molecular complexity index is 947. The Kier molecular flexibility index (Phi) is 16.6. The fourth-order valence-electron chi connectivity index (χ4n) is 2.94. The van der Waals surface area contributed by atoms with Crippen LogP contribution in [0.1, 0.15) is 52.2 Å². The minimum Gasteiger partial charge on any atom is -0.388 e. The van der Waals surface area contributed by atoms with Crippen LogP contribution in [0.5, 0.6) is 0 Å². The van der Waals surface area contributed by atoms with E-state index in [1.165, 1.54) is 15.1 Å². The van der Waals surface area contributed by atoms with Crippen molar-refractivity contribution in [3.63, 3.8) is 0 Å². The normalized spacial score (nSPS) is 13.3. The molecule has 1 aromatic heterocycles. The first kappa shape index (κ1) is 30.3. The number of aliphatic imine (C=N–C) groups is 2. The molecule has 1 heterocycles. The molecule has 0 saturated carbocycles. The second-order valence-electron chi connectivity index (χ2n) is 7.23. The summed E-state index contributed by atoms with van der Waals surface area (Å²) in [6, 6.07) is 12.6. The number of rotatable bonds is 13. The van der Waals surface area contributed by atoms with Gasteiger partial charge in [0.15, 0.2) is 0 Å². The van der Waals surface area contributed by atoms with Crippen molar-refractivity contribution in [2.45, 2.75) is 52.2 Å². The maximum Gasteiger partial charge on any atom is 0.0751 e. The summed E-state index contributed by atoms with van der Waals surface area (Å²) in [5, 5.41) is 6.84. The molecule has 0 bridgehead atoms. The van der Waals surface area contributed by atoms with Crippen LogP contribution in [0.2, 0.25) is 0 Å². The second kappa shape index (κ2) is 18.6. The number of hydrogen-bond acceptors (Lipinski definition) is 6. The van der Waals surface area contributed by atoms with Crippen molar-refractivity contribution in [2.75, 3.05) is 26.3 Å². The second-order valence-corrected chi connectivity index (χ2v) is 10.4. The van der Waals surface area contributed by atoms with E-state index >= 15 is 0 Å². The van der Waals surface area contributed by atoms with Gasteiger partial charge in [-0.1, -0.05) is 52.8 Å². The minimum atomic E-state index is 0.660. The highest BCUT2D eigenvalue weighted by molar-refractivity contribution is 7.99. The average molecular weight is 517 g/mol. The van der Waals surface area contributed by atoms with Crippen molar-refractivity contribution in [3.05, 3.63) is 75.7 Å². The number of nitrogens with zero attached hydrogens (tertiary/aromatic N) is 2. The average Bonchev–Trinajstić information content (AvgIpc) is 3.36. The van der Waals surface area contributed by atoms with E-state index in [9.17, 15) is 0 Å². The van der Waals surface area contributed by atoms with Crippen LogP contribution in [0.15, 0.2) is 78.8 Å². The SMILES string of the molecule is CC.CCN=C/C(PC)=C(C)/N=C(/C=C(\C)NCCCNSc1cccs1)c1ccccc1C. The van der Waals surface area contributed by atoms with Crippen molar-refractivity contribution < 1.29 is 0 Å². The number of hydrogen-bond donors (Lipinski definition) is 2. The van der Waals surface area contributed by atoms with E-state index in [-0.39, 0.29) is 0 Å². The Hall–Kier alpha value is -1.72. The zero-order valence-corrected chi connectivity index (χ0v) is 24.4. The van der Waals surface area contributed by atoms with Crippen LogP contribution in [0.25, 0.3) is 0 Å². The molecule has 0 aliphatic rings. The largest absolute Gasteiger partial charge is 0.388 e. The summed E-state index contributed by atoms with van der Waals surface area (Å²) in [5.74, 6) is 0. The topological polar surface area (TPSA) is 48.8 Å². The summed E-state index contributed by atoms with van der Waals surface area (Å²) in [6.45, 7) is 17.2. The van der Waals surface area contributed by atoms with Crippen molar-refractivity contribution in [1.82, 2.24) is 10.0 Å². The third-order valence-corrected chi connectivity index (χ3v) is 7.57. The summed E-state index contributed by atoms with van der Waals surface area (Å²) >= 11 is 3.47. The molecular formula is C27H41N4PS2. The highest BCUT2D eigenvalue weighted by Crippen LogP contribution is 2.23.